The van der Waals surface area contributed by atoms with Crippen molar-refractivity contribution in [3.8, 4) is 5.75 Å². The first-order valence-corrected chi connectivity index (χ1v) is 8.62. The third-order valence-corrected chi connectivity index (χ3v) is 4.89. The number of benzene rings is 2. The molecule has 2 unspecified atom stereocenters. The average Bonchev–Trinajstić information content (AvgIpc) is 3.00. The van der Waals surface area contributed by atoms with E-state index < -0.39 is 23.6 Å². The van der Waals surface area contributed by atoms with Crippen molar-refractivity contribution in [1.82, 2.24) is 4.90 Å². The molecule has 26 heavy (non-hydrogen) atoms. The van der Waals surface area contributed by atoms with Gasteiger partial charge in [0.15, 0.2) is 0 Å². The maximum Gasteiger partial charge on any atom is 0.416 e. The molecule has 1 aliphatic heterocycles. The minimum absolute atomic E-state index is 0.203. The Bertz CT molecular complexity index is 735. The van der Waals surface area contributed by atoms with E-state index in [4.69, 9.17) is 9.47 Å². The van der Waals surface area contributed by atoms with Crippen molar-refractivity contribution in [2.45, 2.75) is 31.3 Å². The lowest BCUT2D eigenvalue weighted by Crippen LogP contribution is -2.53. The molecule has 0 aromatic heterocycles. The van der Waals surface area contributed by atoms with Gasteiger partial charge < -0.3 is 9.47 Å². The van der Waals surface area contributed by atoms with Crippen LogP contribution in [0.1, 0.15) is 30.4 Å². The van der Waals surface area contributed by atoms with Gasteiger partial charge in [-0.25, -0.2) is 4.90 Å². The fraction of sp³-hybridized carbons (Fsp3) is 0.400. The molecule has 140 valence electrons. The van der Waals surface area contributed by atoms with Crippen LogP contribution >= 0.6 is 0 Å². The zero-order chi connectivity index (χ0) is 18.8. The summed E-state index contributed by atoms with van der Waals surface area (Å²) in [6.07, 6.45) is -3.91. The van der Waals surface area contributed by atoms with E-state index in [1.807, 2.05) is 30.0 Å². The molecule has 0 saturated carbocycles. The Labute approximate surface area is 151 Å². The number of likely N-dealkylation sites (tertiary alicyclic amines) is 1. The van der Waals surface area contributed by atoms with Crippen molar-refractivity contribution >= 4 is 0 Å². The topological polar surface area (TPSA) is 21.7 Å². The summed E-state index contributed by atoms with van der Waals surface area (Å²) in [6.45, 7) is 3.14. The van der Waals surface area contributed by atoms with Crippen LogP contribution in [0.15, 0.2) is 54.6 Å². The summed E-state index contributed by atoms with van der Waals surface area (Å²) >= 11 is 0. The minimum atomic E-state index is -4.43. The summed E-state index contributed by atoms with van der Waals surface area (Å²) in [5.41, 5.74) is -0.435. The van der Waals surface area contributed by atoms with Gasteiger partial charge in [0.05, 0.1) is 11.5 Å². The van der Waals surface area contributed by atoms with E-state index in [0.29, 0.717) is 25.3 Å². The summed E-state index contributed by atoms with van der Waals surface area (Å²) in [4.78, 5) is 1.94. The first kappa shape index (κ1) is 18.7. The lowest BCUT2D eigenvalue weighted by atomic mass is 9.90. The van der Waals surface area contributed by atoms with Crippen LogP contribution in [0, 0.1) is 0 Å². The molecule has 0 spiro atoms. The Hall–Kier alpha value is -2.05. The summed E-state index contributed by atoms with van der Waals surface area (Å²) in [6, 6.07) is 14.7. The predicted octanol–water partition coefficient (Wildman–Crippen LogP) is 4.89. The van der Waals surface area contributed by atoms with Crippen LogP contribution < -0.4 is 4.74 Å². The third-order valence-electron chi connectivity index (χ3n) is 4.89. The van der Waals surface area contributed by atoms with Gasteiger partial charge in [0.25, 0.3) is 5.91 Å². The molecule has 6 heteroatoms. The van der Waals surface area contributed by atoms with Gasteiger partial charge in [-0.2, -0.15) is 13.2 Å². The molecule has 0 bridgehead atoms. The molecule has 2 aromatic carbocycles. The Balaban J connectivity index is 2.08. The highest BCUT2D eigenvalue weighted by Crippen LogP contribution is 2.47. The molecule has 1 aliphatic rings. The Morgan fingerprint density at radius 3 is 2.35 bits per heavy atom. The van der Waals surface area contributed by atoms with Gasteiger partial charge in [-0.15, -0.1) is 0 Å². The number of methoxy groups -OCH3 is 1. The molecule has 1 fully saturated rings. The Morgan fingerprint density at radius 1 is 1.08 bits per heavy atom. The van der Waals surface area contributed by atoms with E-state index >= 15 is 0 Å². The summed E-state index contributed by atoms with van der Waals surface area (Å²) in [7, 11) is 1.49. The summed E-state index contributed by atoms with van der Waals surface area (Å²) in [5.74, 6) is -1.29. The Morgan fingerprint density at radius 2 is 1.73 bits per heavy atom. The van der Waals surface area contributed by atoms with E-state index in [1.165, 1.54) is 19.2 Å². The van der Waals surface area contributed by atoms with Crippen LogP contribution in [-0.2, 0) is 10.9 Å². The van der Waals surface area contributed by atoms with Crippen molar-refractivity contribution in [2.24, 2.45) is 0 Å². The highest BCUT2D eigenvalue weighted by atomic mass is 19.4. The fourth-order valence-corrected chi connectivity index (χ4v) is 3.74. The quantitative estimate of drug-likeness (QED) is 0.704. The van der Waals surface area contributed by atoms with Gasteiger partial charge in [-0.1, -0.05) is 43.3 Å². The standard InChI is InChI=1S/C20H22F3NO2/c1-3-24-14-13-18(16-11-7-8-12-17(16)19(21,22)23)20(24,25-2)26-15-9-5-4-6-10-15/h4-12,18H,3,13-14H2,1-2H3. The van der Waals surface area contributed by atoms with Crippen LogP contribution in [0.3, 0.4) is 0 Å². The van der Waals surface area contributed by atoms with E-state index in [0.717, 1.165) is 6.07 Å². The second-order valence-corrected chi connectivity index (χ2v) is 6.26. The van der Waals surface area contributed by atoms with Crippen LogP contribution in [0.5, 0.6) is 5.75 Å². The summed E-state index contributed by atoms with van der Waals surface area (Å²) in [5, 5.41) is 0. The number of nitrogens with zero attached hydrogens (tertiary/aromatic N) is 1. The average molecular weight is 365 g/mol. The number of likely N-dealkylation sites (N-methyl/N-ethyl adjacent to an activating group) is 1. The molecule has 3 rings (SSSR count). The molecule has 1 saturated heterocycles. The minimum Gasteiger partial charge on any atom is -0.448 e. The third kappa shape index (κ3) is 3.31. The van der Waals surface area contributed by atoms with Crippen molar-refractivity contribution < 1.29 is 22.6 Å². The largest absolute Gasteiger partial charge is 0.448 e. The molecule has 1 heterocycles. The van der Waals surface area contributed by atoms with Crippen molar-refractivity contribution in [3.05, 3.63) is 65.7 Å². The molecule has 0 N–H and O–H groups in total. The maximum absolute atomic E-state index is 13.6. The number of halogens is 3. The molecule has 2 aromatic rings. The number of para-hydroxylation sites is 1. The smallest absolute Gasteiger partial charge is 0.416 e. The number of hydrogen-bond donors (Lipinski definition) is 0. The van der Waals surface area contributed by atoms with E-state index in [2.05, 4.69) is 0 Å². The molecular formula is C20H22F3NO2. The van der Waals surface area contributed by atoms with Crippen molar-refractivity contribution in [1.29, 1.82) is 0 Å². The zero-order valence-electron chi connectivity index (χ0n) is 14.8. The number of alkyl halides is 3. The van der Waals surface area contributed by atoms with Gasteiger partial charge in [0.2, 0.25) is 0 Å². The molecule has 2 atom stereocenters. The van der Waals surface area contributed by atoms with Crippen LogP contribution in [0.25, 0.3) is 0 Å². The SMILES string of the molecule is CCN1CCC(c2ccccc2C(F)(F)F)C1(OC)Oc1ccccc1. The second-order valence-electron chi connectivity index (χ2n) is 6.26. The first-order valence-electron chi connectivity index (χ1n) is 8.62. The molecule has 0 amide bonds. The van der Waals surface area contributed by atoms with Gasteiger partial charge in [-0.05, 0) is 30.2 Å². The van der Waals surface area contributed by atoms with Gasteiger partial charge >= 0.3 is 6.18 Å². The van der Waals surface area contributed by atoms with E-state index in [9.17, 15) is 13.2 Å². The van der Waals surface area contributed by atoms with Crippen LogP contribution in [0.4, 0.5) is 13.2 Å². The van der Waals surface area contributed by atoms with Gasteiger partial charge in [-0.3, -0.25) is 0 Å². The van der Waals surface area contributed by atoms with Gasteiger partial charge in [0.1, 0.15) is 5.75 Å². The number of rotatable bonds is 5. The predicted molar refractivity (Wildman–Crippen MR) is 92.9 cm³/mol. The number of ether oxygens (including phenoxy) is 2. The molecule has 0 aliphatic carbocycles. The monoisotopic (exact) mass is 365 g/mol. The maximum atomic E-state index is 13.6. The van der Waals surface area contributed by atoms with Crippen LogP contribution in [-0.4, -0.2) is 31.0 Å². The number of hydrogen-bond acceptors (Lipinski definition) is 3. The lowest BCUT2D eigenvalue weighted by molar-refractivity contribution is -0.252. The molecular weight excluding hydrogens is 343 g/mol. The van der Waals surface area contributed by atoms with Crippen molar-refractivity contribution in [3.63, 3.8) is 0 Å². The van der Waals surface area contributed by atoms with E-state index in [-0.39, 0.29) is 5.56 Å². The van der Waals surface area contributed by atoms with Gasteiger partial charge in [0, 0.05) is 20.2 Å². The highest BCUT2D eigenvalue weighted by Gasteiger charge is 2.54. The highest BCUT2D eigenvalue weighted by molar-refractivity contribution is 5.36. The Kier molecular flexibility index (Phi) is 5.25. The van der Waals surface area contributed by atoms with Crippen molar-refractivity contribution in [2.75, 3.05) is 20.2 Å². The normalized spacial score (nSPS) is 24.0. The fourth-order valence-electron chi connectivity index (χ4n) is 3.74. The molecule has 0 radical (unpaired) electrons. The van der Waals surface area contributed by atoms with E-state index in [1.54, 1.807) is 18.2 Å². The summed E-state index contributed by atoms with van der Waals surface area (Å²) < 4.78 is 52.7. The first-order chi connectivity index (χ1) is 12.4. The lowest BCUT2D eigenvalue weighted by Gasteiger charge is -2.40. The molecule has 3 nitrogen and oxygen atoms in total. The zero-order valence-corrected chi connectivity index (χ0v) is 14.8. The van der Waals surface area contributed by atoms with Crippen LogP contribution in [0.2, 0.25) is 0 Å². The second kappa shape index (κ2) is 7.29.